The van der Waals surface area contributed by atoms with Gasteiger partial charge in [-0.05, 0) is 37.6 Å². The second kappa shape index (κ2) is 13.0. The first kappa shape index (κ1) is 24.7. The molecule has 168 valence electrons. The van der Waals surface area contributed by atoms with Gasteiger partial charge in [0.2, 0.25) is 5.82 Å². The van der Waals surface area contributed by atoms with Gasteiger partial charge in [0.05, 0.1) is 26.0 Å². The van der Waals surface area contributed by atoms with Crippen LogP contribution in [0.25, 0.3) is 11.6 Å². The minimum absolute atomic E-state index is 0. The molecule has 3 aromatic rings. The Hall–Kier alpha value is -2.60. The molecule has 9 nitrogen and oxygen atoms in total. The fourth-order valence-corrected chi connectivity index (χ4v) is 2.73. The number of halogens is 1. The molecule has 0 bridgehead atoms. The number of nitrogens with one attached hydrogen (secondary N) is 3. The molecule has 0 fully saturated rings. The lowest BCUT2D eigenvalue weighted by Crippen LogP contribution is -2.37. The van der Waals surface area contributed by atoms with Gasteiger partial charge in [0.1, 0.15) is 18.2 Å². The van der Waals surface area contributed by atoms with Crippen LogP contribution in [0.2, 0.25) is 0 Å². The molecule has 0 atom stereocenters. The molecule has 3 N–H and O–H groups in total. The molecule has 2 aromatic heterocycles. The second-order valence-electron chi connectivity index (χ2n) is 6.58. The highest BCUT2D eigenvalue weighted by molar-refractivity contribution is 14.0. The Bertz CT molecular complexity index is 943. The summed E-state index contributed by atoms with van der Waals surface area (Å²) in [7, 11) is 1.66. The van der Waals surface area contributed by atoms with E-state index in [4.69, 9.17) is 13.9 Å². The molecule has 0 amide bonds. The number of aromatic amines is 1. The molecule has 0 aliphatic rings. The molecular weight excluding hydrogens is 511 g/mol. The average molecular weight is 540 g/mol. The largest absolute Gasteiger partial charge is 0.491 e. The van der Waals surface area contributed by atoms with Crippen molar-refractivity contribution >= 4 is 29.9 Å². The topological polar surface area (TPSA) is 110 Å². The zero-order valence-corrected chi connectivity index (χ0v) is 20.3. The second-order valence-corrected chi connectivity index (χ2v) is 6.58. The lowest BCUT2D eigenvalue weighted by Gasteiger charge is -2.13. The third kappa shape index (κ3) is 7.55. The zero-order chi connectivity index (χ0) is 21.2. The van der Waals surface area contributed by atoms with Crippen LogP contribution in [0.5, 0.6) is 5.75 Å². The molecule has 0 radical (unpaired) electrons. The van der Waals surface area contributed by atoms with Crippen molar-refractivity contribution in [3.63, 3.8) is 0 Å². The van der Waals surface area contributed by atoms with Crippen LogP contribution in [0.1, 0.15) is 23.9 Å². The molecule has 2 heterocycles. The summed E-state index contributed by atoms with van der Waals surface area (Å²) in [5.41, 5.74) is 2.14. The van der Waals surface area contributed by atoms with Gasteiger partial charge in [-0.3, -0.25) is 5.10 Å². The van der Waals surface area contributed by atoms with Gasteiger partial charge in [-0.15, -0.1) is 29.1 Å². The minimum Gasteiger partial charge on any atom is -0.491 e. The maximum atomic E-state index is 5.85. The predicted molar refractivity (Wildman–Crippen MR) is 130 cm³/mol. The first-order chi connectivity index (χ1) is 14.7. The van der Waals surface area contributed by atoms with Crippen LogP contribution >= 0.6 is 24.0 Å². The summed E-state index contributed by atoms with van der Waals surface area (Å²) < 4.78 is 16.2. The van der Waals surface area contributed by atoms with Crippen LogP contribution in [0.15, 0.2) is 46.0 Å². The fraction of sp³-hybridized carbons (Fsp3) is 0.381. The van der Waals surface area contributed by atoms with Gasteiger partial charge < -0.3 is 24.5 Å². The van der Waals surface area contributed by atoms with E-state index in [-0.39, 0.29) is 24.0 Å². The molecule has 0 saturated carbocycles. The van der Waals surface area contributed by atoms with Crippen LogP contribution in [0.4, 0.5) is 0 Å². The van der Waals surface area contributed by atoms with Gasteiger partial charge in [0, 0.05) is 19.2 Å². The van der Waals surface area contributed by atoms with E-state index in [1.807, 2.05) is 32.0 Å². The molecular formula is C21H29IN6O3. The number of aryl methyl sites for hydroxylation is 1. The Morgan fingerprint density at radius 2 is 2.10 bits per heavy atom. The van der Waals surface area contributed by atoms with Crippen molar-refractivity contribution in [2.45, 2.75) is 26.9 Å². The number of ether oxygens (including phenoxy) is 2. The van der Waals surface area contributed by atoms with E-state index >= 15 is 0 Å². The van der Waals surface area contributed by atoms with E-state index in [1.165, 1.54) is 0 Å². The summed E-state index contributed by atoms with van der Waals surface area (Å²) in [6.45, 7) is 6.76. The number of rotatable bonds is 10. The van der Waals surface area contributed by atoms with Crippen molar-refractivity contribution in [2.24, 2.45) is 4.99 Å². The first-order valence-electron chi connectivity index (χ1n) is 9.88. The molecule has 31 heavy (non-hydrogen) atoms. The van der Waals surface area contributed by atoms with Crippen molar-refractivity contribution in [1.82, 2.24) is 25.8 Å². The van der Waals surface area contributed by atoms with Crippen LogP contribution < -0.4 is 15.4 Å². The third-order valence-electron chi connectivity index (χ3n) is 4.22. The maximum Gasteiger partial charge on any atom is 0.216 e. The number of guanidine groups is 1. The average Bonchev–Trinajstić information content (AvgIpc) is 3.43. The van der Waals surface area contributed by atoms with Crippen molar-refractivity contribution < 1.29 is 13.9 Å². The van der Waals surface area contributed by atoms with Gasteiger partial charge in [-0.25, -0.2) is 9.98 Å². The summed E-state index contributed by atoms with van der Waals surface area (Å²) in [5.74, 6) is 3.34. The van der Waals surface area contributed by atoms with Crippen LogP contribution in [0.3, 0.4) is 0 Å². The molecule has 0 aliphatic heterocycles. The Balaban J connectivity index is 0.00000341. The first-order valence-corrected chi connectivity index (χ1v) is 9.88. The van der Waals surface area contributed by atoms with E-state index in [9.17, 15) is 0 Å². The smallest absolute Gasteiger partial charge is 0.216 e. The molecule has 3 rings (SSSR count). The predicted octanol–water partition coefficient (Wildman–Crippen LogP) is 3.27. The highest BCUT2D eigenvalue weighted by Gasteiger charge is 2.09. The number of aromatic nitrogens is 3. The summed E-state index contributed by atoms with van der Waals surface area (Å²) in [5, 5.41) is 13.6. The van der Waals surface area contributed by atoms with Gasteiger partial charge in [-0.2, -0.15) is 0 Å². The van der Waals surface area contributed by atoms with Gasteiger partial charge in [-0.1, -0.05) is 12.1 Å². The quantitative estimate of drug-likeness (QED) is 0.157. The molecule has 1 aromatic carbocycles. The van der Waals surface area contributed by atoms with E-state index in [0.29, 0.717) is 49.7 Å². The summed E-state index contributed by atoms with van der Waals surface area (Å²) >= 11 is 0. The summed E-state index contributed by atoms with van der Waals surface area (Å²) in [4.78, 5) is 9.11. The zero-order valence-electron chi connectivity index (χ0n) is 18.0. The monoisotopic (exact) mass is 540 g/mol. The van der Waals surface area contributed by atoms with Crippen LogP contribution in [0, 0.1) is 6.92 Å². The third-order valence-corrected chi connectivity index (χ3v) is 4.22. The van der Waals surface area contributed by atoms with Crippen molar-refractivity contribution in [1.29, 1.82) is 0 Å². The Morgan fingerprint density at radius 3 is 2.84 bits per heavy atom. The van der Waals surface area contributed by atoms with E-state index < -0.39 is 0 Å². The molecule has 0 unspecified atom stereocenters. The van der Waals surface area contributed by atoms with Gasteiger partial charge >= 0.3 is 0 Å². The lowest BCUT2D eigenvalue weighted by molar-refractivity contribution is 0.145. The van der Waals surface area contributed by atoms with Gasteiger partial charge in [0.15, 0.2) is 11.7 Å². The van der Waals surface area contributed by atoms with E-state index in [2.05, 4.69) is 36.9 Å². The van der Waals surface area contributed by atoms with E-state index in [0.717, 1.165) is 23.4 Å². The number of benzene rings is 1. The SMILES string of the molecule is CCNC(=NCc1ccc(C)cc1OCCOC)NCc1nc(-c2ccco2)n[nH]1.I. The van der Waals surface area contributed by atoms with Crippen LogP contribution in [-0.4, -0.2) is 48.0 Å². The number of hydrogen-bond acceptors (Lipinski definition) is 6. The maximum absolute atomic E-state index is 5.85. The minimum atomic E-state index is 0. The van der Waals surface area contributed by atoms with E-state index in [1.54, 1.807) is 19.4 Å². The number of aliphatic imine (C=N–C) groups is 1. The normalized spacial score (nSPS) is 11.1. The lowest BCUT2D eigenvalue weighted by atomic mass is 10.1. The standard InChI is InChI=1S/C21H28N6O3.HI/c1-4-22-21(24-14-19-25-20(27-26-19)17-6-5-9-29-17)23-13-16-8-7-15(2)12-18(16)30-11-10-28-3;/h5-9,12H,4,10-11,13-14H2,1-3H3,(H2,22,23,24)(H,25,26,27);1H. The highest BCUT2D eigenvalue weighted by atomic mass is 127. The fourth-order valence-electron chi connectivity index (χ4n) is 2.73. The number of nitrogens with zero attached hydrogens (tertiary/aromatic N) is 3. The Kier molecular flexibility index (Phi) is 10.3. The number of methoxy groups -OCH3 is 1. The van der Waals surface area contributed by atoms with Crippen LogP contribution in [-0.2, 0) is 17.8 Å². The number of H-pyrrole nitrogens is 1. The Labute approximate surface area is 199 Å². The van der Waals surface area contributed by atoms with Crippen molar-refractivity contribution in [3.8, 4) is 17.3 Å². The number of hydrogen-bond donors (Lipinski definition) is 3. The number of furan rings is 1. The molecule has 10 heteroatoms. The van der Waals surface area contributed by atoms with Gasteiger partial charge in [0.25, 0.3) is 0 Å². The summed E-state index contributed by atoms with van der Waals surface area (Å²) in [6, 6.07) is 9.74. The summed E-state index contributed by atoms with van der Waals surface area (Å²) in [6.07, 6.45) is 1.60. The molecule has 0 spiro atoms. The highest BCUT2D eigenvalue weighted by Crippen LogP contribution is 2.21. The van der Waals surface area contributed by atoms with Crippen molar-refractivity contribution in [2.75, 3.05) is 26.9 Å². The van der Waals surface area contributed by atoms with Crippen molar-refractivity contribution in [3.05, 3.63) is 53.5 Å². The molecule has 0 aliphatic carbocycles. The molecule has 0 saturated heterocycles. The Morgan fingerprint density at radius 1 is 1.23 bits per heavy atom.